The van der Waals surface area contributed by atoms with Gasteiger partial charge in [0.05, 0.1) is 29.5 Å². The van der Waals surface area contributed by atoms with Crippen LogP contribution in [0.25, 0.3) is 0 Å². The van der Waals surface area contributed by atoms with Crippen molar-refractivity contribution in [1.29, 1.82) is 0 Å². The number of likely N-dealkylation sites (tertiary alicyclic amines) is 1. The number of rotatable bonds is 5. The van der Waals surface area contributed by atoms with Crippen molar-refractivity contribution in [2.24, 2.45) is 5.92 Å². The lowest BCUT2D eigenvalue weighted by Crippen LogP contribution is -2.64. The van der Waals surface area contributed by atoms with Gasteiger partial charge < -0.3 is 20.1 Å². The maximum atomic E-state index is 11.6. The highest BCUT2D eigenvalue weighted by Gasteiger charge is 2.67. The van der Waals surface area contributed by atoms with Crippen LogP contribution in [0.5, 0.6) is 0 Å². The molecule has 5 nitrogen and oxygen atoms in total. The zero-order valence-electron chi connectivity index (χ0n) is 16.8. The lowest BCUT2D eigenvalue weighted by atomic mass is 9.65. The summed E-state index contributed by atoms with van der Waals surface area (Å²) >= 11 is 0. The summed E-state index contributed by atoms with van der Waals surface area (Å²) in [6.45, 7) is 6.73. The largest absolute Gasteiger partial charge is 0.391 e. The summed E-state index contributed by atoms with van der Waals surface area (Å²) in [7, 11) is 1.61. The van der Waals surface area contributed by atoms with Crippen molar-refractivity contribution in [3.05, 3.63) is 11.6 Å². The van der Waals surface area contributed by atoms with Crippen LogP contribution in [-0.4, -0.2) is 69.4 Å². The highest BCUT2D eigenvalue weighted by Crippen LogP contribution is 2.54. The molecule has 3 N–H and O–H groups in total. The van der Waals surface area contributed by atoms with Gasteiger partial charge in [0.1, 0.15) is 0 Å². The van der Waals surface area contributed by atoms with Crippen molar-refractivity contribution in [2.45, 2.75) is 101 Å². The van der Waals surface area contributed by atoms with E-state index in [9.17, 15) is 15.3 Å². The summed E-state index contributed by atoms with van der Waals surface area (Å²) in [5.41, 5.74) is -0.346. The van der Waals surface area contributed by atoms with Crippen molar-refractivity contribution in [1.82, 2.24) is 4.90 Å². The molecule has 0 radical (unpaired) electrons. The number of nitrogens with zero attached hydrogens (tertiary/aromatic N) is 1. The lowest BCUT2D eigenvalue weighted by Gasteiger charge is -2.50. The maximum Gasteiger partial charge on any atom is 0.0904 e. The number of hydrogen-bond acceptors (Lipinski definition) is 5. The zero-order valence-corrected chi connectivity index (χ0v) is 16.8. The van der Waals surface area contributed by atoms with Crippen LogP contribution in [-0.2, 0) is 4.74 Å². The zero-order chi connectivity index (χ0) is 19.1. The average molecular weight is 368 g/mol. The van der Waals surface area contributed by atoms with Crippen LogP contribution >= 0.6 is 0 Å². The minimum Gasteiger partial charge on any atom is -0.391 e. The molecule has 0 unspecified atom stereocenters. The molecule has 0 aromatic heterocycles. The fourth-order valence-corrected chi connectivity index (χ4v) is 5.96. The van der Waals surface area contributed by atoms with E-state index >= 15 is 0 Å². The number of aliphatic hydroxyl groups is 3. The summed E-state index contributed by atoms with van der Waals surface area (Å²) in [6.07, 6.45) is 6.73. The van der Waals surface area contributed by atoms with E-state index in [1.165, 1.54) is 18.4 Å². The third-order valence-electron chi connectivity index (χ3n) is 7.31. The van der Waals surface area contributed by atoms with Gasteiger partial charge in [-0.2, -0.15) is 0 Å². The lowest BCUT2D eigenvalue weighted by molar-refractivity contribution is -0.170. The van der Waals surface area contributed by atoms with Crippen LogP contribution in [0.2, 0.25) is 0 Å². The molecule has 1 saturated heterocycles. The maximum absolute atomic E-state index is 11.6. The molecule has 26 heavy (non-hydrogen) atoms. The predicted octanol–water partition coefficient (Wildman–Crippen LogP) is 2.24. The molecule has 0 amide bonds. The first-order chi connectivity index (χ1) is 12.2. The van der Waals surface area contributed by atoms with E-state index < -0.39 is 29.5 Å². The van der Waals surface area contributed by atoms with Gasteiger partial charge in [0, 0.05) is 25.6 Å². The molecule has 3 fully saturated rings. The standard InChI is InChI=1S/C21H37NO4/c1-14(2)9-10-17(24)20(3)19-18(26-4)16(23)11-12-21(19,25)13-22(20)15-7-5-6-8-15/h9,15-19,23-25H,5-8,10-13H2,1-4H3/t16-,17-,18-,19-,20-,21+/m1/s1. The monoisotopic (exact) mass is 367 g/mol. The van der Waals surface area contributed by atoms with Gasteiger partial charge in [-0.15, -0.1) is 0 Å². The summed E-state index contributed by atoms with van der Waals surface area (Å²) in [6, 6.07) is 0.394. The van der Waals surface area contributed by atoms with Gasteiger partial charge in [0.25, 0.3) is 0 Å². The van der Waals surface area contributed by atoms with Crippen molar-refractivity contribution in [3.8, 4) is 0 Å². The van der Waals surface area contributed by atoms with E-state index in [0.717, 1.165) is 12.8 Å². The molecule has 150 valence electrons. The number of β-amino-alcohol motifs (C(OH)–C–C–N with tert-alkyl or cyclic N) is 1. The summed E-state index contributed by atoms with van der Waals surface area (Å²) < 4.78 is 5.70. The van der Waals surface area contributed by atoms with Crippen LogP contribution in [0.1, 0.15) is 65.7 Å². The first-order valence-electron chi connectivity index (χ1n) is 10.3. The van der Waals surface area contributed by atoms with Crippen molar-refractivity contribution < 1.29 is 20.1 Å². The number of fused-ring (bicyclic) bond motifs is 1. The molecule has 1 heterocycles. The summed E-state index contributed by atoms with van der Waals surface area (Å²) in [4.78, 5) is 2.37. The Morgan fingerprint density at radius 1 is 1.27 bits per heavy atom. The smallest absolute Gasteiger partial charge is 0.0904 e. The Morgan fingerprint density at radius 3 is 2.50 bits per heavy atom. The summed E-state index contributed by atoms with van der Waals surface area (Å²) in [5.74, 6) is -0.301. The third-order valence-corrected chi connectivity index (χ3v) is 7.31. The van der Waals surface area contributed by atoms with Gasteiger partial charge in [0.15, 0.2) is 0 Å². The molecule has 5 heteroatoms. The Balaban J connectivity index is 2.01. The van der Waals surface area contributed by atoms with Gasteiger partial charge in [-0.1, -0.05) is 24.5 Å². The first-order valence-corrected chi connectivity index (χ1v) is 10.3. The number of ether oxygens (including phenoxy) is 1. The molecule has 0 aromatic rings. The molecular weight excluding hydrogens is 330 g/mol. The quantitative estimate of drug-likeness (QED) is 0.650. The third kappa shape index (κ3) is 3.26. The van der Waals surface area contributed by atoms with E-state index in [4.69, 9.17) is 4.74 Å². The number of aliphatic hydroxyl groups excluding tert-OH is 2. The van der Waals surface area contributed by atoms with Crippen LogP contribution in [0.15, 0.2) is 11.6 Å². The van der Waals surface area contributed by atoms with E-state index in [2.05, 4.69) is 17.9 Å². The van der Waals surface area contributed by atoms with Crippen molar-refractivity contribution in [2.75, 3.05) is 13.7 Å². The van der Waals surface area contributed by atoms with Crippen LogP contribution in [0, 0.1) is 5.92 Å². The van der Waals surface area contributed by atoms with Crippen LogP contribution < -0.4 is 0 Å². The Hall–Kier alpha value is -0.460. The Labute approximate surface area is 158 Å². The second-order valence-electron chi connectivity index (χ2n) is 9.21. The van der Waals surface area contributed by atoms with Crippen molar-refractivity contribution in [3.63, 3.8) is 0 Å². The molecule has 0 bridgehead atoms. The minimum absolute atomic E-state index is 0.301. The molecule has 3 rings (SSSR count). The molecule has 0 spiro atoms. The van der Waals surface area contributed by atoms with Gasteiger partial charge >= 0.3 is 0 Å². The topological polar surface area (TPSA) is 73.2 Å². The molecule has 3 aliphatic rings. The Bertz CT molecular complexity index is 528. The van der Waals surface area contributed by atoms with Crippen LogP contribution in [0.4, 0.5) is 0 Å². The second-order valence-corrected chi connectivity index (χ2v) is 9.21. The van der Waals surface area contributed by atoms with E-state index in [0.29, 0.717) is 31.8 Å². The average Bonchev–Trinajstić information content (AvgIpc) is 3.20. The second kappa shape index (κ2) is 7.51. The Morgan fingerprint density at radius 2 is 1.92 bits per heavy atom. The molecule has 2 saturated carbocycles. The van der Waals surface area contributed by atoms with Gasteiger partial charge in [-0.05, 0) is 52.9 Å². The fraction of sp³-hybridized carbons (Fsp3) is 0.905. The molecule has 2 aliphatic carbocycles. The molecule has 1 aliphatic heterocycles. The first kappa shape index (κ1) is 20.3. The Kier molecular flexibility index (Phi) is 5.86. The fourth-order valence-electron chi connectivity index (χ4n) is 5.96. The van der Waals surface area contributed by atoms with Crippen LogP contribution in [0.3, 0.4) is 0 Å². The van der Waals surface area contributed by atoms with Crippen molar-refractivity contribution >= 4 is 0 Å². The minimum atomic E-state index is -0.913. The van der Waals surface area contributed by atoms with E-state index in [-0.39, 0.29) is 5.92 Å². The van der Waals surface area contributed by atoms with E-state index in [1.54, 1.807) is 7.11 Å². The highest BCUT2D eigenvalue weighted by atomic mass is 16.5. The van der Waals surface area contributed by atoms with E-state index in [1.807, 2.05) is 13.8 Å². The highest BCUT2D eigenvalue weighted by molar-refractivity contribution is 5.20. The van der Waals surface area contributed by atoms with Gasteiger partial charge in [-0.25, -0.2) is 0 Å². The molecule has 6 atom stereocenters. The van der Waals surface area contributed by atoms with Gasteiger partial charge in [-0.3, -0.25) is 4.90 Å². The number of allylic oxidation sites excluding steroid dienone is 1. The predicted molar refractivity (Wildman–Crippen MR) is 102 cm³/mol. The normalized spacial score (nSPS) is 42.7. The summed E-state index contributed by atoms with van der Waals surface area (Å²) in [5, 5.41) is 33.4. The molecular formula is C21H37NO4. The number of hydrogen-bond donors (Lipinski definition) is 3. The molecule has 0 aromatic carbocycles. The SMILES string of the molecule is CO[C@@H]1[C@H](O)CC[C@]2(O)CN(C3CCCC3)[C@](C)([C@H](O)CC=C(C)C)[C@@H]12. The van der Waals surface area contributed by atoms with Gasteiger partial charge in [0.2, 0.25) is 0 Å². The number of methoxy groups -OCH3 is 1.